The average Bonchev–Trinajstić information content (AvgIpc) is 3.18. The van der Waals surface area contributed by atoms with Crippen LogP contribution >= 0.6 is 0 Å². The molecule has 16 heteroatoms. The molecule has 0 heterocycles. The van der Waals surface area contributed by atoms with E-state index in [0.717, 1.165) is 0 Å². The van der Waals surface area contributed by atoms with E-state index in [2.05, 4.69) is 0 Å². The van der Waals surface area contributed by atoms with Gasteiger partial charge in [0.25, 0.3) is 0 Å². The van der Waals surface area contributed by atoms with Crippen LogP contribution in [0.5, 0.6) is 0 Å². The molecule has 16 unspecified atom stereocenters. The molecule has 0 amide bonds. The molecule has 0 aromatic rings. The fraction of sp³-hybridized carbons (Fsp3) is 1.00. The monoisotopic (exact) mass is 808 g/mol. The number of hydrogen-bond acceptors (Lipinski definition) is 16. The van der Waals surface area contributed by atoms with Gasteiger partial charge < -0.3 is 81.7 Å². The van der Waals surface area contributed by atoms with Crippen LogP contribution in [-0.2, 0) is 0 Å². The van der Waals surface area contributed by atoms with Crippen molar-refractivity contribution >= 4 is 0 Å². The van der Waals surface area contributed by atoms with E-state index in [-0.39, 0.29) is 103 Å². The Morgan fingerprint density at radius 1 is 0.232 bits per heavy atom. The molecule has 5 aliphatic rings. The van der Waals surface area contributed by atoms with Crippen LogP contribution in [0.2, 0.25) is 0 Å². The van der Waals surface area contributed by atoms with E-state index < -0.39 is 144 Å². The molecule has 328 valence electrons. The van der Waals surface area contributed by atoms with E-state index in [4.69, 9.17) is 0 Å². The molecule has 5 rings (SSSR count). The predicted octanol–water partition coefficient (Wildman–Crippen LogP) is -3.57. The van der Waals surface area contributed by atoms with Crippen LogP contribution in [0.1, 0.15) is 77.0 Å². The molecule has 0 aromatic heterocycles. The molecule has 5 saturated carbocycles. The van der Waals surface area contributed by atoms with Gasteiger partial charge in [-0.1, -0.05) is 0 Å². The topological polar surface area (TPSA) is 324 Å². The lowest BCUT2D eigenvalue weighted by atomic mass is 9.52. The third kappa shape index (κ3) is 9.02. The molecule has 0 aliphatic heterocycles. The van der Waals surface area contributed by atoms with Crippen LogP contribution in [0.25, 0.3) is 0 Å². The van der Waals surface area contributed by atoms with Crippen molar-refractivity contribution in [1.29, 1.82) is 0 Å². The van der Waals surface area contributed by atoms with Crippen LogP contribution in [0.4, 0.5) is 0 Å². The van der Waals surface area contributed by atoms with E-state index in [0.29, 0.717) is 0 Å². The van der Waals surface area contributed by atoms with Gasteiger partial charge in [0.1, 0.15) is 24.4 Å². The summed E-state index contributed by atoms with van der Waals surface area (Å²) in [6.45, 7) is -1.03. The Bertz CT molecular complexity index is 945. The fourth-order valence-electron chi connectivity index (χ4n) is 12.9. The number of hydrogen-bond donors (Lipinski definition) is 16. The fourth-order valence-corrected chi connectivity index (χ4v) is 12.9. The van der Waals surface area contributed by atoms with Crippen molar-refractivity contribution in [2.24, 2.45) is 71.0 Å². The van der Waals surface area contributed by atoms with Gasteiger partial charge in [0, 0.05) is 26.4 Å². The largest absolute Gasteiger partial charge is 0.396 e. The summed E-state index contributed by atoms with van der Waals surface area (Å²) in [6, 6.07) is 0. The molecule has 16 atom stereocenters. The molecule has 8 bridgehead atoms. The minimum Gasteiger partial charge on any atom is -0.396 e. The van der Waals surface area contributed by atoms with E-state index in [9.17, 15) is 81.7 Å². The number of fused-ring (bicyclic) bond motifs is 8. The van der Waals surface area contributed by atoms with Crippen molar-refractivity contribution in [2.45, 2.75) is 150 Å². The van der Waals surface area contributed by atoms with Crippen LogP contribution < -0.4 is 0 Å². The van der Waals surface area contributed by atoms with Crippen molar-refractivity contribution in [3.05, 3.63) is 0 Å². The lowest BCUT2D eigenvalue weighted by molar-refractivity contribution is -0.218. The first-order valence-corrected chi connectivity index (χ1v) is 21.3. The summed E-state index contributed by atoms with van der Waals surface area (Å²) in [4.78, 5) is 0. The van der Waals surface area contributed by atoms with Gasteiger partial charge in [-0.2, -0.15) is 0 Å². The maximum Gasteiger partial charge on any atom is 0.106 e. The average molecular weight is 809 g/mol. The Morgan fingerprint density at radius 3 is 0.500 bits per heavy atom. The van der Waals surface area contributed by atoms with Crippen molar-refractivity contribution in [1.82, 2.24) is 0 Å². The van der Waals surface area contributed by atoms with Gasteiger partial charge in [-0.3, -0.25) is 0 Å². The van der Waals surface area contributed by atoms with E-state index in [1.807, 2.05) is 0 Å². The third-order valence-electron chi connectivity index (χ3n) is 15.7. The Labute approximate surface area is 329 Å². The summed E-state index contributed by atoms with van der Waals surface area (Å²) in [5.41, 5.74) is 0. The van der Waals surface area contributed by atoms with E-state index in [1.165, 1.54) is 0 Å². The van der Waals surface area contributed by atoms with Crippen LogP contribution in [0.15, 0.2) is 0 Å². The van der Waals surface area contributed by atoms with Gasteiger partial charge in [-0.15, -0.1) is 0 Å². The van der Waals surface area contributed by atoms with Gasteiger partial charge in [0.15, 0.2) is 0 Å². The molecule has 5 fully saturated rings. The number of rotatable bonds is 12. The standard InChI is InChI=1S/C40H72O16/c41-9-1-5-17-21-13-23(31(47)37(53)29(21)45)18(6-2-10-42)25-15-27(35(51)39(55)33(25)49)20(8-4-12-44)28-16-26(34(50)40(56)36(28)52)19(7-3-11-43)24-14-22(17)30(46)38(54)32(24)48/h17-56H,1-16H2. The summed E-state index contributed by atoms with van der Waals surface area (Å²) < 4.78 is 0. The summed E-state index contributed by atoms with van der Waals surface area (Å²) in [6.07, 6.45) is -17.2. The zero-order valence-corrected chi connectivity index (χ0v) is 32.3. The molecular weight excluding hydrogens is 736 g/mol. The zero-order chi connectivity index (χ0) is 41.2. The number of aliphatic hydroxyl groups is 16. The first kappa shape index (κ1) is 46.4. The minimum absolute atomic E-state index is 0.0431. The van der Waals surface area contributed by atoms with Crippen molar-refractivity contribution in [2.75, 3.05) is 26.4 Å². The second-order valence-corrected chi connectivity index (χ2v) is 18.3. The van der Waals surface area contributed by atoms with E-state index >= 15 is 0 Å². The van der Waals surface area contributed by atoms with Gasteiger partial charge in [0.05, 0.1) is 48.8 Å². The van der Waals surface area contributed by atoms with Crippen molar-refractivity contribution in [3.8, 4) is 0 Å². The van der Waals surface area contributed by atoms with Crippen molar-refractivity contribution < 1.29 is 81.7 Å². The molecule has 0 spiro atoms. The molecule has 16 N–H and O–H groups in total. The second-order valence-electron chi connectivity index (χ2n) is 18.3. The Morgan fingerprint density at radius 2 is 0.375 bits per heavy atom. The highest BCUT2D eigenvalue weighted by Crippen LogP contribution is 2.55. The predicted molar refractivity (Wildman–Crippen MR) is 198 cm³/mol. The first-order chi connectivity index (χ1) is 26.7. The molecule has 0 aromatic carbocycles. The van der Waals surface area contributed by atoms with Crippen LogP contribution in [-0.4, -0.2) is 181 Å². The van der Waals surface area contributed by atoms with Gasteiger partial charge in [0.2, 0.25) is 0 Å². The van der Waals surface area contributed by atoms with Crippen LogP contribution in [0.3, 0.4) is 0 Å². The molecule has 5 aliphatic carbocycles. The second kappa shape index (κ2) is 20.3. The third-order valence-corrected chi connectivity index (χ3v) is 15.7. The van der Waals surface area contributed by atoms with Crippen LogP contribution in [0, 0.1) is 71.0 Å². The SMILES string of the molecule is OCCCC1C2CC(C(O)C(O)C2O)C(CCCO)C2CC(C(O)C(O)C2O)C(CCCO)C2CC(C(O)C(O)C2O)C(CCCO)C2CC1C(O)C(O)C2O. The quantitative estimate of drug-likeness (QED) is 0.0907. The highest BCUT2D eigenvalue weighted by atomic mass is 16.4. The summed E-state index contributed by atoms with van der Waals surface area (Å²) in [5.74, 6) is -9.61. The minimum atomic E-state index is -1.70. The van der Waals surface area contributed by atoms with E-state index in [1.54, 1.807) is 0 Å². The van der Waals surface area contributed by atoms with Gasteiger partial charge >= 0.3 is 0 Å². The molecule has 56 heavy (non-hydrogen) atoms. The first-order valence-electron chi connectivity index (χ1n) is 21.3. The normalized spacial score (nSPS) is 51.4. The lowest BCUT2D eigenvalue weighted by Gasteiger charge is -2.56. The Hall–Kier alpha value is -0.640. The van der Waals surface area contributed by atoms with Crippen molar-refractivity contribution in [3.63, 3.8) is 0 Å². The summed E-state index contributed by atoms with van der Waals surface area (Å²) >= 11 is 0. The lowest BCUT2D eigenvalue weighted by Crippen LogP contribution is -2.63. The Balaban J connectivity index is 1.75. The number of aliphatic hydroxyl groups excluding tert-OH is 16. The van der Waals surface area contributed by atoms with Gasteiger partial charge in [-0.25, -0.2) is 0 Å². The highest BCUT2D eigenvalue weighted by Gasteiger charge is 2.59. The smallest absolute Gasteiger partial charge is 0.106 e. The van der Waals surface area contributed by atoms with Gasteiger partial charge in [-0.05, 0) is 148 Å². The zero-order valence-electron chi connectivity index (χ0n) is 32.3. The maximum absolute atomic E-state index is 11.7. The molecular formula is C40H72O16. The summed E-state index contributed by atoms with van der Waals surface area (Å²) in [5, 5.41) is 180. The maximum atomic E-state index is 11.7. The summed E-state index contributed by atoms with van der Waals surface area (Å²) in [7, 11) is 0. The molecule has 0 radical (unpaired) electrons. The Kier molecular flexibility index (Phi) is 16.8. The highest BCUT2D eigenvalue weighted by molar-refractivity contribution is 5.09. The molecule has 16 nitrogen and oxygen atoms in total. The molecule has 0 saturated heterocycles.